The van der Waals surface area contributed by atoms with E-state index in [1.165, 1.54) is 0 Å². The number of nitrogens with one attached hydrogen (secondary N) is 2. The lowest BCUT2D eigenvalue weighted by molar-refractivity contribution is -0.142. The lowest BCUT2D eigenvalue weighted by Crippen LogP contribution is -2.53. The van der Waals surface area contributed by atoms with E-state index in [0.717, 1.165) is 16.7 Å². The van der Waals surface area contributed by atoms with Gasteiger partial charge in [0.25, 0.3) is 0 Å². The predicted octanol–water partition coefficient (Wildman–Crippen LogP) is 2.38. The molecule has 0 saturated heterocycles. The third-order valence-corrected chi connectivity index (χ3v) is 4.88. The number of aliphatic carboxylic acids is 1. The summed E-state index contributed by atoms with van der Waals surface area (Å²) in [7, 11) is 0. The fourth-order valence-electron chi connectivity index (χ4n) is 2.95. The number of aliphatic hydroxyl groups is 1. The van der Waals surface area contributed by atoms with Crippen LogP contribution in [0.3, 0.4) is 0 Å². The van der Waals surface area contributed by atoms with Crippen LogP contribution in [0.15, 0.2) is 54.6 Å². The summed E-state index contributed by atoms with van der Waals surface area (Å²) >= 11 is 0. The highest BCUT2D eigenvalue weighted by Gasteiger charge is 2.27. The summed E-state index contributed by atoms with van der Waals surface area (Å²) in [6.45, 7) is 5.52. The van der Waals surface area contributed by atoms with E-state index in [2.05, 4.69) is 31.4 Å². The minimum Gasteiger partial charge on any atom is -0.480 e. The maximum Gasteiger partial charge on any atom is 0.408 e. The van der Waals surface area contributed by atoms with Gasteiger partial charge in [-0.2, -0.15) is 0 Å². The maximum absolute atomic E-state index is 12.5. The van der Waals surface area contributed by atoms with Crippen molar-refractivity contribution in [3.8, 4) is 0 Å². The zero-order valence-electron chi connectivity index (χ0n) is 18.5. The Morgan fingerprint density at radius 1 is 0.906 bits per heavy atom. The summed E-state index contributed by atoms with van der Waals surface area (Å²) in [5.41, 5.74) is 2.57. The number of carboxylic acid groups (broad SMARTS) is 1. The number of amides is 2. The monoisotopic (exact) mass is 442 g/mol. The highest BCUT2D eigenvalue weighted by molar-refractivity contribution is 5.89. The summed E-state index contributed by atoms with van der Waals surface area (Å²) in [4.78, 5) is 36.1. The quantitative estimate of drug-likeness (QED) is 0.473. The average Bonchev–Trinajstić information content (AvgIpc) is 2.75. The van der Waals surface area contributed by atoms with Crippen molar-refractivity contribution in [3.63, 3.8) is 0 Å². The van der Waals surface area contributed by atoms with Crippen LogP contribution in [0.1, 0.15) is 37.5 Å². The molecule has 172 valence electrons. The Labute approximate surface area is 187 Å². The Hall–Kier alpha value is -3.39. The Balaban J connectivity index is 1.94. The normalized spacial score (nSPS) is 13.0. The van der Waals surface area contributed by atoms with Gasteiger partial charge < -0.3 is 25.6 Å². The molecule has 2 aromatic rings. The van der Waals surface area contributed by atoms with Gasteiger partial charge in [-0.25, -0.2) is 9.59 Å². The molecule has 0 radical (unpaired) electrons. The SMILES string of the molecule is CC(C)(C)c1ccc(C[C@H](NC(=O)[C@H](CO)NC(=O)OCc2ccccc2)C(=O)O)cc1. The van der Waals surface area contributed by atoms with Crippen LogP contribution in [0.4, 0.5) is 4.79 Å². The van der Waals surface area contributed by atoms with E-state index in [0.29, 0.717) is 0 Å². The van der Waals surface area contributed by atoms with Crippen molar-refractivity contribution in [2.24, 2.45) is 0 Å². The molecule has 0 fully saturated rings. The van der Waals surface area contributed by atoms with Gasteiger partial charge in [0.2, 0.25) is 5.91 Å². The van der Waals surface area contributed by atoms with Crippen molar-refractivity contribution in [2.45, 2.75) is 51.3 Å². The highest BCUT2D eigenvalue weighted by atomic mass is 16.5. The van der Waals surface area contributed by atoms with Crippen molar-refractivity contribution in [1.29, 1.82) is 0 Å². The number of hydrogen-bond acceptors (Lipinski definition) is 5. The molecule has 8 nitrogen and oxygen atoms in total. The smallest absolute Gasteiger partial charge is 0.408 e. The number of rotatable bonds is 9. The van der Waals surface area contributed by atoms with Gasteiger partial charge in [0, 0.05) is 6.42 Å². The summed E-state index contributed by atoms with van der Waals surface area (Å²) < 4.78 is 5.04. The zero-order chi connectivity index (χ0) is 23.7. The van der Waals surface area contributed by atoms with E-state index in [-0.39, 0.29) is 18.4 Å². The van der Waals surface area contributed by atoms with Crippen molar-refractivity contribution in [3.05, 3.63) is 71.3 Å². The van der Waals surface area contributed by atoms with E-state index < -0.39 is 36.7 Å². The van der Waals surface area contributed by atoms with Crippen LogP contribution in [0.5, 0.6) is 0 Å². The first-order chi connectivity index (χ1) is 15.1. The van der Waals surface area contributed by atoms with Crippen LogP contribution in [-0.4, -0.2) is 46.9 Å². The molecule has 2 amide bonds. The average molecular weight is 443 g/mol. The van der Waals surface area contributed by atoms with Crippen LogP contribution in [0.2, 0.25) is 0 Å². The summed E-state index contributed by atoms with van der Waals surface area (Å²) in [6, 6.07) is 13.9. The zero-order valence-corrected chi connectivity index (χ0v) is 18.5. The Morgan fingerprint density at radius 2 is 1.53 bits per heavy atom. The molecule has 0 saturated carbocycles. The lowest BCUT2D eigenvalue weighted by Gasteiger charge is -2.21. The molecule has 32 heavy (non-hydrogen) atoms. The molecule has 0 heterocycles. The van der Waals surface area contributed by atoms with Crippen LogP contribution in [-0.2, 0) is 32.8 Å². The summed E-state index contributed by atoms with van der Waals surface area (Å²) in [5.74, 6) is -2.04. The number of carbonyl (C=O) groups is 3. The van der Waals surface area contributed by atoms with Crippen molar-refractivity contribution >= 4 is 18.0 Å². The third kappa shape index (κ3) is 7.70. The fourth-order valence-corrected chi connectivity index (χ4v) is 2.95. The first kappa shape index (κ1) is 24.9. The Kier molecular flexibility index (Phi) is 8.78. The first-order valence-corrected chi connectivity index (χ1v) is 10.3. The van der Waals surface area contributed by atoms with E-state index in [9.17, 15) is 24.6 Å². The molecule has 0 aromatic heterocycles. The molecule has 2 atom stereocenters. The van der Waals surface area contributed by atoms with Crippen LogP contribution < -0.4 is 10.6 Å². The molecule has 0 aliphatic carbocycles. The fraction of sp³-hybridized carbons (Fsp3) is 0.375. The van der Waals surface area contributed by atoms with Crippen molar-refractivity contribution in [2.75, 3.05) is 6.61 Å². The lowest BCUT2D eigenvalue weighted by atomic mass is 9.86. The molecule has 0 aliphatic heterocycles. The molecule has 2 aromatic carbocycles. The van der Waals surface area contributed by atoms with Gasteiger partial charge in [-0.1, -0.05) is 75.4 Å². The number of hydrogen-bond donors (Lipinski definition) is 4. The van der Waals surface area contributed by atoms with Gasteiger partial charge in [0.1, 0.15) is 18.7 Å². The van der Waals surface area contributed by atoms with Crippen molar-refractivity contribution in [1.82, 2.24) is 10.6 Å². The first-order valence-electron chi connectivity index (χ1n) is 10.3. The summed E-state index contributed by atoms with van der Waals surface area (Å²) in [6.07, 6.45) is -0.838. The number of ether oxygens (including phenoxy) is 1. The Bertz CT molecular complexity index is 906. The number of benzene rings is 2. The van der Waals surface area contributed by atoms with Gasteiger partial charge >= 0.3 is 12.1 Å². The molecular formula is C24H30N2O6. The van der Waals surface area contributed by atoms with E-state index in [4.69, 9.17) is 4.74 Å². The number of alkyl carbamates (subject to hydrolysis) is 1. The van der Waals surface area contributed by atoms with Gasteiger partial charge in [-0.05, 0) is 22.1 Å². The van der Waals surface area contributed by atoms with Crippen LogP contribution >= 0.6 is 0 Å². The minimum atomic E-state index is -1.34. The molecule has 2 rings (SSSR count). The van der Waals surface area contributed by atoms with E-state index in [1.807, 2.05) is 30.3 Å². The van der Waals surface area contributed by atoms with Crippen LogP contribution in [0.25, 0.3) is 0 Å². The second kappa shape index (κ2) is 11.3. The van der Waals surface area contributed by atoms with Gasteiger partial charge in [0.05, 0.1) is 6.61 Å². The number of carbonyl (C=O) groups excluding carboxylic acids is 2. The molecule has 0 unspecified atom stereocenters. The minimum absolute atomic E-state index is 0.00521. The molecule has 0 aliphatic rings. The molecule has 8 heteroatoms. The van der Waals surface area contributed by atoms with Gasteiger partial charge in [-0.15, -0.1) is 0 Å². The number of aliphatic hydroxyl groups excluding tert-OH is 1. The highest BCUT2D eigenvalue weighted by Crippen LogP contribution is 2.22. The van der Waals surface area contributed by atoms with Crippen LogP contribution in [0, 0.1) is 0 Å². The van der Waals surface area contributed by atoms with E-state index in [1.54, 1.807) is 24.3 Å². The molecule has 0 spiro atoms. The predicted molar refractivity (Wildman–Crippen MR) is 119 cm³/mol. The number of carboxylic acids is 1. The third-order valence-electron chi connectivity index (χ3n) is 4.88. The van der Waals surface area contributed by atoms with Gasteiger partial charge in [0.15, 0.2) is 0 Å². The largest absolute Gasteiger partial charge is 0.480 e. The Morgan fingerprint density at radius 3 is 2.06 bits per heavy atom. The van der Waals surface area contributed by atoms with E-state index >= 15 is 0 Å². The standard InChI is InChI=1S/C24H30N2O6/c1-24(2,3)18-11-9-16(10-12-18)13-19(22(29)30)25-21(28)20(14-27)26-23(31)32-15-17-7-5-4-6-8-17/h4-12,19-20,27H,13-15H2,1-3H3,(H,25,28)(H,26,31)(H,29,30)/t19-,20-/m0/s1. The second-order valence-corrected chi connectivity index (χ2v) is 8.49. The maximum atomic E-state index is 12.5. The molecule has 0 bridgehead atoms. The molecule has 4 N–H and O–H groups in total. The topological polar surface area (TPSA) is 125 Å². The van der Waals surface area contributed by atoms with Crippen molar-refractivity contribution < 1.29 is 29.3 Å². The van der Waals surface area contributed by atoms with Gasteiger partial charge in [-0.3, -0.25) is 4.79 Å². The second-order valence-electron chi connectivity index (χ2n) is 8.49. The summed E-state index contributed by atoms with van der Waals surface area (Å²) in [5, 5.41) is 23.6. The molecular weight excluding hydrogens is 412 g/mol.